The number of aliphatic carboxylic acids is 1. The van der Waals surface area contributed by atoms with Gasteiger partial charge in [0, 0.05) is 12.6 Å². The highest BCUT2D eigenvalue weighted by atomic mass is 16.5. The number of nitrogens with zero attached hydrogens (tertiary/aromatic N) is 1. The molecule has 0 radical (unpaired) electrons. The normalized spacial score (nSPS) is 16.5. The van der Waals surface area contributed by atoms with Crippen LogP contribution in [0.4, 0.5) is 4.79 Å². The molecule has 7 heteroatoms. The molecule has 2 rings (SSSR count). The van der Waals surface area contributed by atoms with Crippen molar-refractivity contribution < 1.29 is 19.2 Å². The molecular formula is C12H17N3O4. The third-order valence-corrected chi connectivity index (χ3v) is 3.46. The Hall–Kier alpha value is -2.05. The Bertz CT molecular complexity index is 479. The van der Waals surface area contributed by atoms with Gasteiger partial charge in [-0.1, -0.05) is 11.6 Å². The largest absolute Gasteiger partial charge is 0.481 e. The van der Waals surface area contributed by atoms with Crippen LogP contribution < -0.4 is 10.6 Å². The Morgan fingerprint density at radius 3 is 2.68 bits per heavy atom. The Morgan fingerprint density at radius 1 is 1.47 bits per heavy atom. The number of nitrogens with one attached hydrogen (secondary N) is 2. The van der Waals surface area contributed by atoms with E-state index in [1.165, 1.54) is 0 Å². The average Bonchev–Trinajstić information content (AvgIpc) is 2.70. The van der Waals surface area contributed by atoms with Crippen molar-refractivity contribution in [2.45, 2.75) is 32.7 Å². The van der Waals surface area contributed by atoms with E-state index in [-0.39, 0.29) is 13.1 Å². The molecule has 1 saturated carbocycles. The van der Waals surface area contributed by atoms with E-state index < -0.39 is 17.4 Å². The van der Waals surface area contributed by atoms with Crippen LogP contribution >= 0.6 is 0 Å². The molecule has 0 bridgehead atoms. The number of carboxylic acids is 1. The molecular weight excluding hydrogens is 250 g/mol. The van der Waals surface area contributed by atoms with Crippen LogP contribution in [-0.4, -0.2) is 28.8 Å². The van der Waals surface area contributed by atoms with Gasteiger partial charge >= 0.3 is 12.0 Å². The molecule has 1 aromatic heterocycles. The first-order chi connectivity index (χ1) is 9.02. The molecule has 0 saturated heterocycles. The fourth-order valence-corrected chi connectivity index (χ4v) is 2.05. The quantitative estimate of drug-likeness (QED) is 0.739. The third kappa shape index (κ3) is 3.04. The van der Waals surface area contributed by atoms with Crippen molar-refractivity contribution in [3.8, 4) is 0 Å². The van der Waals surface area contributed by atoms with Crippen molar-refractivity contribution in [1.82, 2.24) is 15.8 Å². The molecule has 0 aliphatic heterocycles. The number of aromatic nitrogens is 1. The molecule has 2 amide bonds. The summed E-state index contributed by atoms with van der Waals surface area (Å²) in [6.07, 6.45) is 2.13. The Balaban J connectivity index is 1.74. The zero-order valence-corrected chi connectivity index (χ0v) is 10.7. The summed E-state index contributed by atoms with van der Waals surface area (Å²) >= 11 is 0. The van der Waals surface area contributed by atoms with Gasteiger partial charge in [0.05, 0.1) is 12.0 Å². The topological polar surface area (TPSA) is 104 Å². The predicted molar refractivity (Wildman–Crippen MR) is 65.4 cm³/mol. The lowest BCUT2D eigenvalue weighted by Gasteiger charge is -2.37. The predicted octanol–water partition coefficient (Wildman–Crippen LogP) is 1.04. The standard InChI is InChI=1S/C12H17N3O4/c1-8-5-9(15-19-8)6-13-11(18)14-7-12(10(16)17)3-2-4-12/h5H,2-4,6-7H2,1H3,(H,16,17)(H2,13,14,18). The smallest absolute Gasteiger partial charge is 0.315 e. The minimum atomic E-state index is -0.842. The molecule has 1 aliphatic rings. The van der Waals surface area contributed by atoms with E-state index in [0.29, 0.717) is 24.3 Å². The maximum Gasteiger partial charge on any atom is 0.315 e. The molecule has 1 fully saturated rings. The van der Waals surface area contributed by atoms with E-state index in [0.717, 1.165) is 6.42 Å². The second-order valence-corrected chi connectivity index (χ2v) is 4.90. The van der Waals surface area contributed by atoms with E-state index >= 15 is 0 Å². The summed E-state index contributed by atoms with van der Waals surface area (Å²) in [7, 11) is 0. The minimum Gasteiger partial charge on any atom is -0.481 e. The molecule has 0 unspecified atom stereocenters. The molecule has 1 heterocycles. The lowest BCUT2D eigenvalue weighted by atomic mass is 9.69. The zero-order chi connectivity index (χ0) is 13.9. The monoisotopic (exact) mass is 267 g/mol. The molecule has 1 aromatic rings. The summed E-state index contributed by atoms with van der Waals surface area (Å²) in [4.78, 5) is 22.7. The summed E-state index contributed by atoms with van der Waals surface area (Å²) < 4.78 is 4.87. The Morgan fingerprint density at radius 2 is 2.21 bits per heavy atom. The molecule has 104 valence electrons. The molecule has 7 nitrogen and oxygen atoms in total. The second kappa shape index (κ2) is 5.29. The lowest BCUT2D eigenvalue weighted by molar-refractivity contribution is -0.153. The van der Waals surface area contributed by atoms with Crippen molar-refractivity contribution >= 4 is 12.0 Å². The first kappa shape index (κ1) is 13.4. The van der Waals surface area contributed by atoms with Gasteiger partial charge in [-0.05, 0) is 19.8 Å². The Kier molecular flexibility index (Phi) is 3.73. The van der Waals surface area contributed by atoms with Gasteiger partial charge in [0.15, 0.2) is 0 Å². The average molecular weight is 267 g/mol. The van der Waals surface area contributed by atoms with Gasteiger partial charge in [-0.25, -0.2) is 4.79 Å². The highest BCUT2D eigenvalue weighted by molar-refractivity contribution is 5.78. The van der Waals surface area contributed by atoms with E-state index in [1.54, 1.807) is 13.0 Å². The van der Waals surface area contributed by atoms with E-state index in [2.05, 4.69) is 15.8 Å². The number of amides is 2. The van der Waals surface area contributed by atoms with Gasteiger partial charge in [-0.15, -0.1) is 0 Å². The number of rotatable bonds is 5. The Labute approximate surface area is 110 Å². The van der Waals surface area contributed by atoms with Crippen molar-refractivity contribution in [2.24, 2.45) is 5.41 Å². The van der Waals surface area contributed by atoms with Crippen LogP contribution in [0.15, 0.2) is 10.6 Å². The summed E-state index contributed by atoms with van der Waals surface area (Å²) in [5.41, 5.74) is -0.147. The number of carboxylic acid groups (broad SMARTS) is 1. The SMILES string of the molecule is Cc1cc(CNC(=O)NCC2(C(=O)O)CCC2)no1. The highest BCUT2D eigenvalue weighted by Gasteiger charge is 2.44. The zero-order valence-electron chi connectivity index (χ0n) is 10.7. The van der Waals surface area contributed by atoms with Gasteiger partial charge in [-0.3, -0.25) is 4.79 Å². The maximum atomic E-state index is 11.6. The fraction of sp³-hybridized carbons (Fsp3) is 0.583. The number of carbonyl (C=O) groups excluding carboxylic acids is 1. The molecule has 1 aliphatic carbocycles. The third-order valence-electron chi connectivity index (χ3n) is 3.46. The van der Waals surface area contributed by atoms with Crippen molar-refractivity contribution in [1.29, 1.82) is 0 Å². The first-order valence-corrected chi connectivity index (χ1v) is 6.19. The summed E-state index contributed by atoms with van der Waals surface area (Å²) in [6.45, 7) is 2.18. The lowest BCUT2D eigenvalue weighted by Crippen LogP contribution is -2.49. The van der Waals surface area contributed by atoms with Gasteiger partial charge in [-0.2, -0.15) is 0 Å². The van der Waals surface area contributed by atoms with Crippen LogP contribution in [0.5, 0.6) is 0 Å². The number of hydrogen-bond donors (Lipinski definition) is 3. The first-order valence-electron chi connectivity index (χ1n) is 6.19. The van der Waals surface area contributed by atoms with Gasteiger partial charge in [0.2, 0.25) is 0 Å². The molecule has 19 heavy (non-hydrogen) atoms. The summed E-state index contributed by atoms with van der Waals surface area (Å²) in [6, 6.07) is 1.33. The summed E-state index contributed by atoms with van der Waals surface area (Å²) in [5.74, 6) is -0.164. The maximum absolute atomic E-state index is 11.6. The molecule has 3 N–H and O–H groups in total. The number of aryl methyl sites for hydroxylation is 1. The highest BCUT2D eigenvalue weighted by Crippen LogP contribution is 2.40. The van der Waals surface area contributed by atoms with Crippen LogP contribution in [0.1, 0.15) is 30.7 Å². The van der Waals surface area contributed by atoms with Crippen LogP contribution in [0.3, 0.4) is 0 Å². The number of urea groups is 1. The van der Waals surface area contributed by atoms with Gasteiger partial charge in [0.1, 0.15) is 11.5 Å². The van der Waals surface area contributed by atoms with Crippen molar-refractivity contribution in [3.63, 3.8) is 0 Å². The van der Waals surface area contributed by atoms with Gasteiger partial charge in [0.25, 0.3) is 0 Å². The van der Waals surface area contributed by atoms with Crippen LogP contribution in [0.25, 0.3) is 0 Å². The van der Waals surface area contributed by atoms with Crippen LogP contribution in [0.2, 0.25) is 0 Å². The minimum absolute atomic E-state index is 0.159. The molecule has 0 atom stereocenters. The van der Waals surface area contributed by atoms with E-state index in [9.17, 15) is 9.59 Å². The number of hydrogen-bond acceptors (Lipinski definition) is 4. The van der Waals surface area contributed by atoms with Gasteiger partial charge < -0.3 is 20.3 Å². The van der Waals surface area contributed by atoms with E-state index in [4.69, 9.17) is 9.63 Å². The molecule has 0 spiro atoms. The fourth-order valence-electron chi connectivity index (χ4n) is 2.05. The van der Waals surface area contributed by atoms with E-state index in [1.807, 2.05) is 0 Å². The second-order valence-electron chi connectivity index (χ2n) is 4.90. The van der Waals surface area contributed by atoms with Crippen molar-refractivity contribution in [3.05, 3.63) is 17.5 Å². The summed E-state index contributed by atoms with van der Waals surface area (Å²) in [5, 5.41) is 18.1. The van der Waals surface area contributed by atoms with Crippen molar-refractivity contribution in [2.75, 3.05) is 6.54 Å². The van der Waals surface area contributed by atoms with Crippen LogP contribution in [-0.2, 0) is 11.3 Å². The molecule has 0 aromatic carbocycles. The van der Waals surface area contributed by atoms with Crippen LogP contribution in [0, 0.1) is 12.3 Å². The number of carbonyl (C=O) groups is 2.